The lowest BCUT2D eigenvalue weighted by atomic mass is 10.2. The Balaban J connectivity index is 1.76. The second kappa shape index (κ2) is 6.23. The summed E-state index contributed by atoms with van der Waals surface area (Å²) in [5.74, 6) is 0.207. The average molecular weight is 304 g/mol. The largest absolute Gasteiger partial charge is 0.468 e. The molecule has 0 unspecified atom stereocenters. The third kappa shape index (κ3) is 2.99. The molecule has 1 aliphatic heterocycles. The van der Waals surface area contributed by atoms with E-state index >= 15 is 0 Å². The molecule has 0 amide bonds. The molecule has 3 rings (SSSR count). The first-order valence-corrected chi connectivity index (χ1v) is 7.12. The van der Waals surface area contributed by atoms with E-state index in [-0.39, 0.29) is 11.8 Å². The molecule has 0 bridgehead atoms. The molecule has 1 aromatic heterocycles. The molecule has 6 nitrogen and oxygen atoms in total. The molecule has 0 saturated carbocycles. The first kappa shape index (κ1) is 14.6. The summed E-state index contributed by atoms with van der Waals surface area (Å²) >= 11 is 0. The summed E-state index contributed by atoms with van der Waals surface area (Å²) in [7, 11) is 1.39. The Labute approximate surface area is 127 Å². The fourth-order valence-corrected chi connectivity index (χ4v) is 2.63. The van der Waals surface area contributed by atoms with Crippen LogP contribution >= 0.6 is 0 Å². The van der Waals surface area contributed by atoms with Crippen molar-refractivity contribution in [1.82, 2.24) is 14.9 Å². The normalized spacial score (nSPS) is 16.0. The molecular formula is C15H17FN4O2. The minimum Gasteiger partial charge on any atom is -0.468 e. The molecule has 0 spiro atoms. The van der Waals surface area contributed by atoms with Crippen LogP contribution in [0.5, 0.6) is 0 Å². The van der Waals surface area contributed by atoms with Gasteiger partial charge in [0.05, 0.1) is 19.2 Å². The molecule has 1 aromatic carbocycles. The van der Waals surface area contributed by atoms with Gasteiger partial charge >= 0.3 is 5.97 Å². The Morgan fingerprint density at radius 1 is 1.27 bits per heavy atom. The van der Waals surface area contributed by atoms with E-state index in [1.54, 1.807) is 6.07 Å². The number of esters is 1. The Morgan fingerprint density at radius 2 is 2.05 bits per heavy atom. The maximum atomic E-state index is 13.5. The SMILES string of the molecule is COC(=O)CN1CCN(c2ncnc3ccc(F)cc23)CC1. The molecule has 7 heteroatoms. The van der Waals surface area contributed by atoms with E-state index in [0.717, 1.165) is 37.5 Å². The molecule has 1 aliphatic rings. The van der Waals surface area contributed by atoms with E-state index in [9.17, 15) is 9.18 Å². The van der Waals surface area contributed by atoms with Crippen LogP contribution in [0.25, 0.3) is 10.9 Å². The van der Waals surface area contributed by atoms with Crippen LogP contribution in [0.3, 0.4) is 0 Å². The van der Waals surface area contributed by atoms with Gasteiger partial charge in [-0.25, -0.2) is 14.4 Å². The highest BCUT2D eigenvalue weighted by Crippen LogP contribution is 2.24. The number of methoxy groups -OCH3 is 1. The summed E-state index contributed by atoms with van der Waals surface area (Å²) in [5.41, 5.74) is 0.725. The summed E-state index contributed by atoms with van der Waals surface area (Å²) in [5, 5.41) is 0.712. The lowest BCUT2D eigenvalue weighted by molar-refractivity contribution is -0.142. The highest BCUT2D eigenvalue weighted by Gasteiger charge is 2.21. The van der Waals surface area contributed by atoms with Crippen LogP contribution in [0.15, 0.2) is 24.5 Å². The van der Waals surface area contributed by atoms with Crippen molar-refractivity contribution in [3.63, 3.8) is 0 Å². The van der Waals surface area contributed by atoms with Gasteiger partial charge in [0.25, 0.3) is 0 Å². The lowest BCUT2D eigenvalue weighted by Crippen LogP contribution is -2.48. The summed E-state index contributed by atoms with van der Waals surface area (Å²) in [6.45, 7) is 3.20. The van der Waals surface area contributed by atoms with E-state index in [1.165, 1.54) is 25.6 Å². The van der Waals surface area contributed by atoms with Gasteiger partial charge in [0.2, 0.25) is 0 Å². The quantitative estimate of drug-likeness (QED) is 0.791. The first-order chi connectivity index (χ1) is 10.7. The Bertz CT molecular complexity index is 686. The molecule has 2 aromatic rings. The fraction of sp³-hybridized carbons (Fsp3) is 0.400. The molecule has 0 N–H and O–H groups in total. The maximum Gasteiger partial charge on any atom is 0.319 e. The molecule has 116 valence electrons. The number of fused-ring (bicyclic) bond motifs is 1. The van der Waals surface area contributed by atoms with Crippen molar-refractivity contribution in [3.8, 4) is 0 Å². The monoisotopic (exact) mass is 304 g/mol. The second-order valence-corrected chi connectivity index (χ2v) is 5.20. The lowest BCUT2D eigenvalue weighted by Gasteiger charge is -2.35. The zero-order valence-electron chi connectivity index (χ0n) is 12.3. The number of hydrogen-bond donors (Lipinski definition) is 0. The number of aromatic nitrogens is 2. The molecule has 1 fully saturated rings. The smallest absolute Gasteiger partial charge is 0.319 e. The van der Waals surface area contributed by atoms with Crippen LogP contribution in [-0.4, -0.2) is 60.7 Å². The van der Waals surface area contributed by atoms with E-state index in [1.807, 2.05) is 4.90 Å². The van der Waals surface area contributed by atoms with Gasteiger partial charge in [-0.15, -0.1) is 0 Å². The van der Waals surface area contributed by atoms with Crippen LogP contribution in [0.2, 0.25) is 0 Å². The number of rotatable bonds is 3. The van der Waals surface area contributed by atoms with E-state index in [4.69, 9.17) is 0 Å². The topological polar surface area (TPSA) is 58.6 Å². The molecule has 2 heterocycles. The zero-order chi connectivity index (χ0) is 15.5. The minimum absolute atomic E-state index is 0.233. The van der Waals surface area contributed by atoms with E-state index < -0.39 is 0 Å². The number of piperazine rings is 1. The number of carbonyl (C=O) groups is 1. The summed E-state index contributed by atoms with van der Waals surface area (Å²) in [6.07, 6.45) is 1.50. The highest BCUT2D eigenvalue weighted by molar-refractivity contribution is 5.89. The number of ether oxygens (including phenoxy) is 1. The van der Waals surface area contributed by atoms with Crippen molar-refractivity contribution in [1.29, 1.82) is 0 Å². The van der Waals surface area contributed by atoms with Crippen LogP contribution in [-0.2, 0) is 9.53 Å². The van der Waals surface area contributed by atoms with Gasteiger partial charge in [0.1, 0.15) is 18.0 Å². The van der Waals surface area contributed by atoms with Gasteiger partial charge in [-0.3, -0.25) is 9.69 Å². The standard InChI is InChI=1S/C15H17FN4O2/c1-22-14(21)9-19-4-6-20(7-5-19)15-12-8-11(16)2-3-13(12)17-10-18-15/h2-3,8,10H,4-7,9H2,1H3. The van der Waals surface area contributed by atoms with Crippen molar-refractivity contribution in [2.45, 2.75) is 0 Å². The van der Waals surface area contributed by atoms with Crippen molar-refractivity contribution in [2.24, 2.45) is 0 Å². The zero-order valence-corrected chi connectivity index (χ0v) is 12.3. The number of anilines is 1. The molecule has 0 radical (unpaired) electrons. The molecule has 0 atom stereocenters. The molecule has 1 saturated heterocycles. The van der Waals surface area contributed by atoms with Gasteiger partial charge in [-0.05, 0) is 18.2 Å². The Morgan fingerprint density at radius 3 is 2.77 bits per heavy atom. The Kier molecular flexibility index (Phi) is 4.15. The van der Waals surface area contributed by atoms with Gasteiger partial charge in [-0.2, -0.15) is 0 Å². The van der Waals surface area contributed by atoms with Crippen LogP contribution in [0.1, 0.15) is 0 Å². The summed E-state index contributed by atoms with van der Waals surface area (Å²) in [6, 6.07) is 4.52. The van der Waals surface area contributed by atoms with Crippen molar-refractivity contribution < 1.29 is 13.9 Å². The summed E-state index contributed by atoms with van der Waals surface area (Å²) in [4.78, 5) is 23.9. The first-order valence-electron chi connectivity index (χ1n) is 7.12. The number of carbonyl (C=O) groups excluding carboxylic acids is 1. The number of halogens is 1. The van der Waals surface area contributed by atoms with Crippen molar-refractivity contribution in [2.75, 3.05) is 44.7 Å². The third-order valence-electron chi connectivity index (χ3n) is 3.83. The van der Waals surface area contributed by atoms with Crippen LogP contribution in [0.4, 0.5) is 10.2 Å². The minimum atomic E-state index is -0.298. The second-order valence-electron chi connectivity index (χ2n) is 5.20. The van der Waals surface area contributed by atoms with Crippen LogP contribution in [0, 0.1) is 5.82 Å². The molecule has 22 heavy (non-hydrogen) atoms. The molecular weight excluding hydrogens is 287 g/mol. The Hall–Kier alpha value is -2.28. The van der Waals surface area contributed by atoms with E-state index in [0.29, 0.717) is 11.9 Å². The van der Waals surface area contributed by atoms with Gasteiger partial charge in [0.15, 0.2) is 0 Å². The van der Waals surface area contributed by atoms with Crippen LogP contribution < -0.4 is 4.90 Å². The van der Waals surface area contributed by atoms with Gasteiger partial charge in [0, 0.05) is 31.6 Å². The highest BCUT2D eigenvalue weighted by atomic mass is 19.1. The number of nitrogens with zero attached hydrogens (tertiary/aromatic N) is 4. The van der Waals surface area contributed by atoms with E-state index in [2.05, 4.69) is 19.6 Å². The predicted octanol–water partition coefficient (Wildman–Crippen LogP) is 1.06. The maximum absolute atomic E-state index is 13.5. The van der Waals surface area contributed by atoms with Gasteiger partial charge < -0.3 is 9.64 Å². The van der Waals surface area contributed by atoms with Crippen molar-refractivity contribution >= 4 is 22.7 Å². The molecule has 0 aliphatic carbocycles. The predicted molar refractivity (Wildman–Crippen MR) is 80.2 cm³/mol. The van der Waals surface area contributed by atoms with Crippen molar-refractivity contribution in [3.05, 3.63) is 30.3 Å². The van der Waals surface area contributed by atoms with Gasteiger partial charge in [-0.1, -0.05) is 0 Å². The fourth-order valence-electron chi connectivity index (χ4n) is 2.63. The third-order valence-corrected chi connectivity index (χ3v) is 3.83. The average Bonchev–Trinajstić information content (AvgIpc) is 2.55. The summed E-state index contributed by atoms with van der Waals surface area (Å²) < 4.78 is 18.2. The number of benzene rings is 1. The number of hydrogen-bond acceptors (Lipinski definition) is 6.